The Morgan fingerprint density at radius 1 is 1.29 bits per heavy atom. The van der Waals surface area contributed by atoms with Gasteiger partial charge in [0.15, 0.2) is 0 Å². The zero-order chi connectivity index (χ0) is 12.1. The van der Waals surface area contributed by atoms with Crippen molar-refractivity contribution in [3.8, 4) is 0 Å². The number of hydrogen-bond donors (Lipinski definition) is 2. The number of nitrogens with one attached hydrogen (secondary N) is 1. The topological polar surface area (TPSA) is 44.7 Å². The Hall–Kier alpha value is -0.160. The van der Waals surface area contributed by atoms with Gasteiger partial charge in [-0.1, -0.05) is 12.8 Å². The minimum absolute atomic E-state index is 0.143. The first kappa shape index (κ1) is 13.3. The molecule has 2 fully saturated rings. The van der Waals surface area contributed by atoms with Crippen molar-refractivity contribution < 1.29 is 9.84 Å². The van der Waals surface area contributed by atoms with Gasteiger partial charge in [0.1, 0.15) is 0 Å². The SMILES string of the molecule is CC(CN1CCOCC1)N[C@H]1CCCC[C@@H]1O. The average molecular weight is 242 g/mol. The fraction of sp³-hybridized carbons (Fsp3) is 1.00. The van der Waals surface area contributed by atoms with Crippen molar-refractivity contribution in [1.82, 2.24) is 10.2 Å². The molecule has 0 amide bonds. The lowest BCUT2D eigenvalue weighted by Crippen LogP contribution is -2.51. The summed E-state index contributed by atoms with van der Waals surface area (Å²) in [5, 5.41) is 13.5. The highest BCUT2D eigenvalue weighted by atomic mass is 16.5. The predicted molar refractivity (Wildman–Crippen MR) is 68.1 cm³/mol. The van der Waals surface area contributed by atoms with Crippen molar-refractivity contribution in [3.63, 3.8) is 0 Å². The van der Waals surface area contributed by atoms with E-state index >= 15 is 0 Å². The van der Waals surface area contributed by atoms with E-state index in [0.29, 0.717) is 12.1 Å². The molecule has 1 saturated carbocycles. The minimum atomic E-state index is -0.143. The van der Waals surface area contributed by atoms with Gasteiger partial charge < -0.3 is 15.2 Å². The van der Waals surface area contributed by atoms with Gasteiger partial charge in [0.25, 0.3) is 0 Å². The zero-order valence-corrected chi connectivity index (χ0v) is 10.9. The summed E-state index contributed by atoms with van der Waals surface area (Å²) in [6.45, 7) is 7.08. The van der Waals surface area contributed by atoms with Crippen LogP contribution in [0.25, 0.3) is 0 Å². The van der Waals surface area contributed by atoms with Crippen molar-refractivity contribution in [2.45, 2.75) is 50.8 Å². The van der Waals surface area contributed by atoms with Crippen molar-refractivity contribution >= 4 is 0 Å². The summed E-state index contributed by atoms with van der Waals surface area (Å²) in [5.41, 5.74) is 0. The first-order valence-electron chi connectivity index (χ1n) is 7.00. The smallest absolute Gasteiger partial charge is 0.0693 e. The van der Waals surface area contributed by atoms with E-state index in [4.69, 9.17) is 4.74 Å². The molecule has 3 atom stereocenters. The molecule has 0 aromatic carbocycles. The second-order valence-corrected chi connectivity index (χ2v) is 5.44. The van der Waals surface area contributed by atoms with Crippen molar-refractivity contribution in [2.75, 3.05) is 32.8 Å². The molecule has 0 aromatic heterocycles. The lowest BCUT2D eigenvalue weighted by atomic mass is 9.92. The van der Waals surface area contributed by atoms with Crippen molar-refractivity contribution in [1.29, 1.82) is 0 Å². The highest BCUT2D eigenvalue weighted by Gasteiger charge is 2.24. The molecule has 2 N–H and O–H groups in total. The van der Waals surface area contributed by atoms with Crippen LogP contribution < -0.4 is 5.32 Å². The van der Waals surface area contributed by atoms with E-state index < -0.39 is 0 Å². The second kappa shape index (κ2) is 6.69. The first-order valence-corrected chi connectivity index (χ1v) is 7.00. The predicted octanol–water partition coefficient (Wildman–Crippen LogP) is 0.600. The molecule has 1 aliphatic carbocycles. The Bertz CT molecular complexity index is 219. The summed E-state index contributed by atoms with van der Waals surface area (Å²) in [4.78, 5) is 2.44. The summed E-state index contributed by atoms with van der Waals surface area (Å²) in [6, 6.07) is 0.755. The third kappa shape index (κ3) is 4.21. The third-order valence-corrected chi connectivity index (χ3v) is 3.86. The Labute approximate surface area is 104 Å². The number of aliphatic hydroxyl groups is 1. The number of rotatable bonds is 4. The number of aliphatic hydroxyl groups excluding tert-OH is 1. The van der Waals surface area contributed by atoms with Crippen LogP contribution in [-0.2, 0) is 4.74 Å². The lowest BCUT2D eigenvalue weighted by Gasteiger charge is -2.34. The molecule has 1 saturated heterocycles. The summed E-state index contributed by atoms with van der Waals surface area (Å²) >= 11 is 0. The van der Waals surface area contributed by atoms with Gasteiger partial charge in [0.05, 0.1) is 19.3 Å². The number of hydrogen-bond acceptors (Lipinski definition) is 4. The summed E-state index contributed by atoms with van der Waals surface area (Å²) in [7, 11) is 0. The molecule has 2 rings (SSSR count). The van der Waals surface area contributed by atoms with Crippen LogP contribution in [0.15, 0.2) is 0 Å². The molecular weight excluding hydrogens is 216 g/mol. The maximum atomic E-state index is 9.93. The largest absolute Gasteiger partial charge is 0.392 e. The third-order valence-electron chi connectivity index (χ3n) is 3.86. The van der Waals surface area contributed by atoms with Gasteiger partial charge in [0.2, 0.25) is 0 Å². The van der Waals surface area contributed by atoms with Gasteiger partial charge in [-0.2, -0.15) is 0 Å². The van der Waals surface area contributed by atoms with Crippen LogP contribution in [0.1, 0.15) is 32.6 Å². The quantitative estimate of drug-likeness (QED) is 0.758. The number of nitrogens with zero attached hydrogens (tertiary/aromatic N) is 1. The van der Waals surface area contributed by atoms with Gasteiger partial charge in [-0.05, 0) is 19.8 Å². The molecule has 4 heteroatoms. The molecule has 0 spiro atoms. The van der Waals surface area contributed by atoms with Crippen LogP contribution in [0.2, 0.25) is 0 Å². The molecule has 0 radical (unpaired) electrons. The second-order valence-electron chi connectivity index (χ2n) is 5.44. The maximum absolute atomic E-state index is 9.93. The van der Waals surface area contributed by atoms with Crippen LogP contribution in [-0.4, -0.2) is 61.0 Å². The molecule has 1 heterocycles. The van der Waals surface area contributed by atoms with Crippen LogP contribution in [0, 0.1) is 0 Å². The van der Waals surface area contributed by atoms with Crippen LogP contribution in [0.4, 0.5) is 0 Å². The molecule has 0 bridgehead atoms. The molecule has 100 valence electrons. The van der Waals surface area contributed by atoms with Crippen LogP contribution in [0.5, 0.6) is 0 Å². The average Bonchev–Trinajstić information content (AvgIpc) is 2.33. The van der Waals surface area contributed by atoms with E-state index in [1.807, 2.05) is 0 Å². The van der Waals surface area contributed by atoms with Crippen LogP contribution in [0.3, 0.4) is 0 Å². The Kier molecular flexibility index (Phi) is 5.22. The monoisotopic (exact) mass is 242 g/mol. The molecule has 4 nitrogen and oxygen atoms in total. The Morgan fingerprint density at radius 3 is 2.71 bits per heavy atom. The maximum Gasteiger partial charge on any atom is 0.0693 e. The Morgan fingerprint density at radius 2 is 2.00 bits per heavy atom. The van der Waals surface area contributed by atoms with Crippen molar-refractivity contribution in [3.05, 3.63) is 0 Å². The molecule has 2 aliphatic rings. The normalized spacial score (nSPS) is 33.5. The Balaban J connectivity index is 1.70. The van der Waals surface area contributed by atoms with Gasteiger partial charge >= 0.3 is 0 Å². The van der Waals surface area contributed by atoms with Gasteiger partial charge in [-0.25, -0.2) is 0 Å². The molecular formula is C13H26N2O2. The molecule has 17 heavy (non-hydrogen) atoms. The fourth-order valence-corrected chi connectivity index (χ4v) is 2.89. The van der Waals surface area contributed by atoms with Gasteiger partial charge in [-0.3, -0.25) is 4.90 Å². The van der Waals surface area contributed by atoms with E-state index in [9.17, 15) is 5.11 Å². The van der Waals surface area contributed by atoms with Crippen LogP contribution >= 0.6 is 0 Å². The van der Waals surface area contributed by atoms with Gasteiger partial charge in [-0.15, -0.1) is 0 Å². The summed E-state index contributed by atoms with van der Waals surface area (Å²) in [5.74, 6) is 0. The zero-order valence-electron chi connectivity index (χ0n) is 10.9. The lowest BCUT2D eigenvalue weighted by molar-refractivity contribution is 0.0300. The van der Waals surface area contributed by atoms with Crippen molar-refractivity contribution in [2.24, 2.45) is 0 Å². The van der Waals surface area contributed by atoms with E-state index in [-0.39, 0.29) is 6.10 Å². The molecule has 1 unspecified atom stereocenters. The first-order chi connectivity index (χ1) is 8.25. The van der Waals surface area contributed by atoms with E-state index in [1.54, 1.807) is 0 Å². The molecule has 0 aromatic rings. The highest BCUT2D eigenvalue weighted by Crippen LogP contribution is 2.18. The van der Waals surface area contributed by atoms with E-state index in [0.717, 1.165) is 45.7 Å². The molecule has 1 aliphatic heterocycles. The van der Waals surface area contributed by atoms with Gasteiger partial charge in [0, 0.05) is 31.7 Å². The van der Waals surface area contributed by atoms with E-state index in [1.165, 1.54) is 12.8 Å². The summed E-state index contributed by atoms with van der Waals surface area (Å²) in [6.07, 6.45) is 4.36. The minimum Gasteiger partial charge on any atom is -0.392 e. The fourth-order valence-electron chi connectivity index (χ4n) is 2.89. The van der Waals surface area contributed by atoms with E-state index in [2.05, 4.69) is 17.1 Å². The number of ether oxygens (including phenoxy) is 1. The summed E-state index contributed by atoms with van der Waals surface area (Å²) < 4.78 is 5.35. The highest BCUT2D eigenvalue weighted by molar-refractivity contribution is 4.83. The standard InChI is InChI=1S/C13H26N2O2/c1-11(10-15-6-8-17-9-7-15)14-12-4-2-3-5-13(12)16/h11-14,16H,2-10H2,1H3/t11?,12-,13-/m0/s1. The number of morpholine rings is 1.